The van der Waals surface area contributed by atoms with E-state index in [-0.39, 0.29) is 22.0 Å². The van der Waals surface area contributed by atoms with Gasteiger partial charge < -0.3 is 30.6 Å². The summed E-state index contributed by atoms with van der Waals surface area (Å²) in [5, 5.41) is 14.1. The van der Waals surface area contributed by atoms with Crippen molar-refractivity contribution in [2.24, 2.45) is 5.92 Å². The number of hydrogen-bond donors (Lipinski definition) is 4. The van der Waals surface area contributed by atoms with Gasteiger partial charge in [0.2, 0.25) is 5.43 Å². The van der Waals surface area contributed by atoms with E-state index >= 15 is 4.39 Å². The van der Waals surface area contributed by atoms with Gasteiger partial charge in [-0.05, 0) is 25.5 Å². The first-order valence-electron chi connectivity index (χ1n) is 13.6. The molecule has 4 N–H and O–H groups in total. The van der Waals surface area contributed by atoms with Gasteiger partial charge in [0.25, 0.3) is 0 Å². The maximum atomic E-state index is 15.2. The number of aromatic nitrogens is 4. The Hall–Kier alpha value is -4.42. The Bertz CT molecular complexity index is 2010. The van der Waals surface area contributed by atoms with Crippen molar-refractivity contribution in [1.82, 2.24) is 24.5 Å². The molecule has 0 radical (unpaired) electrons. The first kappa shape index (κ1) is 26.5. The summed E-state index contributed by atoms with van der Waals surface area (Å²) >= 11 is 6.67. The minimum absolute atomic E-state index is 0.00520. The summed E-state index contributed by atoms with van der Waals surface area (Å²) in [7, 11) is 5.44. The highest BCUT2D eigenvalue weighted by Gasteiger charge is 2.42. The lowest BCUT2D eigenvalue weighted by atomic mass is 9.99. The van der Waals surface area contributed by atoms with Crippen LogP contribution in [-0.2, 0) is 0 Å². The third-order valence-corrected chi connectivity index (χ3v) is 9.05. The lowest BCUT2D eigenvalue weighted by molar-refractivity contribution is 0.0695. The smallest absolute Gasteiger partial charge is 0.341 e. The standard InChI is InChI=1S/C29H28ClFN8O3/c1-32-19-7-18(31)23(30)21-22-25(38-5-4-13-10-37(3)12-20(13)38)16(9-34-27(22)36-24(19)21)14-6-15-26(40)17(29(41)42)11-39(33-2)28(15)35-8-14/h6-9,11,13,20,32-33H,4-5,10,12H2,1-3H3,(H,34,36)(H,41,42)/t13-,20+/m1/s1. The van der Waals surface area contributed by atoms with Crippen LogP contribution in [0.4, 0.5) is 15.8 Å². The first-order valence-corrected chi connectivity index (χ1v) is 14.0. The highest BCUT2D eigenvalue weighted by Crippen LogP contribution is 2.48. The summed E-state index contributed by atoms with van der Waals surface area (Å²) in [6.45, 7) is 2.63. The van der Waals surface area contributed by atoms with Crippen LogP contribution >= 0.6 is 11.6 Å². The largest absolute Gasteiger partial charge is 0.477 e. The predicted molar refractivity (Wildman–Crippen MR) is 162 cm³/mol. The number of nitrogens with zero attached hydrogens (tertiary/aromatic N) is 5. The molecule has 0 aliphatic carbocycles. The molecule has 2 aliphatic rings. The molecule has 216 valence electrons. The monoisotopic (exact) mass is 590 g/mol. The van der Waals surface area contributed by atoms with Gasteiger partial charge in [-0.3, -0.25) is 4.79 Å². The van der Waals surface area contributed by atoms with Gasteiger partial charge in [0, 0.05) is 80.9 Å². The number of H-pyrrole nitrogens is 1. The third kappa shape index (κ3) is 3.75. The van der Waals surface area contributed by atoms with E-state index in [9.17, 15) is 14.7 Å². The molecule has 4 aromatic heterocycles. The maximum absolute atomic E-state index is 15.2. The molecule has 2 aliphatic heterocycles. The van der Waals surface area contributed by atoms with Crippen LogP contribution in [0.5, 0.6) is 0 Å². The van der Waals surface area contributed by atoms with Crippen molar-refractivity contribution < 1.29 is 14.3 Å². The molecule has 0 amide bonds. The molecule has 0 unspecified atom stereocenters. The van der Waals surface area contributed by atoms with Crippen molar-refractivity contribution in [3.8, 4) is 11.1 Å². The molecule has 5 aromatic rings. The van der Waals surface area contributed by atoms with E-state index in [2.05, 4.69) is 37.6 Å². The van der Waals surface area contributed by atoms with Crippen LogP contribution in [0, 0.1) is 11.7 Å². The third-order valence-electron chi connectivity index (χ3n) is 8.68. The van der Waals surface area contributed by atoms with Crippen LogP contribution in [0.1, 0.15) is 16.8 Å². The zero-order chi connectivity index (χ0) is 29.4. The van der Waals surface area contributed by atoms with Gasteiger partial charge in [-0.2, -0.15) is 0 Å². The molecule has 11 nitrogen and oxygen atoms in total. The van der Waals surface area contributed by atoms with Crippen LogP contribution in [0.2, 0.25) is 5.02 Å². The van der Waals surface area contributed by atoms with Crippen LogP contribution in [0.25, 0.3) is 44.1 Å². The molecule has 2 fully saturated rings. The number of anilines is 2. The molecule has 1 aromatic carbocycles. The quantitative estimate of drug-likeness (QED) is 0.240. The Labute approximate surface area is 243 Å². The number of rotatable bonds is 5. The van der Waals surface area contributed by atoms with Crippen LogP contribution < -0.4 is 21.1 Å². The second-order valence-corrected chi connectivity index (χ2v) is 11.4. The fraction of sp³-hybridized carbons (Fsp3) is 0.310. The molecule has 0 bridgehead atoms. The number of hydrogen-bond acceptors (Lipinski definition) is 8. The average molecular weight is 591 g/mol. The van der Waals surface area contributed by atoms with Gasteiger partial charge in [-0.1, -0.05) is 11.6 Å². The van der Waals surface area contributed by atoms with Gasteiger partial charge >= 0.3 is 5.97 Å². The van der Waals surface area contributed by atoms with Gasteiger partial charge in [-0.25, -0.2) is 23.8 Å². The zero-order valence-corrected chi connectivity index (χ0v) is 23.9. The fourth-order valence-corrected chi connectivity index (χ4v) is 7.02. The summed E-state index contributed by atoms with van der Waals surface area (Å²) in [5.41, 5.74) is 6.00. The Morgan fingerprint density at radius 2 is 2.00 bits per heavy atom. The summed E-state index contributed by atoms with van der Waals surface area (Å²) in [5.74, 6) is -1.41. The number of benzene rings is 1. The fourth-order valence-electron chi connectivity index (χ4n) is 6.78. The number of nitrogens with one attached hydrogen (secondary N) is 3. The number of pyridine rings is 3. The highest BCUT2D eigenvalue weighted by molar-refractivity contribution is 6.39. The molecule has 2 atom stereocenters. The van der Waals surface area contributed by atoms with Crippen molar-refractivity contribution in [2.45, 2.75) is 12.5 Å². The second-order valence-electron chi connectivity index (χ2n) is 11.0. The summed E-state index contributed by atoms with van der Waals surface area (Å²) in [4.78, 5) is 42.5. The molecular weight excluding hydrogens is 563 g/mol. The number of carboxylic acid groups (broad SMARTS) is 1. The lowest BCUT2D eigenvalue weighted by Crippen LogP contribution is -2.35. The first-order chi connectivity index (χ1) is 20.2. The minimum atomic E-state index is -1.33. The molecule has 42 heavy (non-hydrogen) atoms. The Morgan fingerprint density at radius 1 is 1.19 bits per heavy atom. The topological polar surface area (TPSA) is 131 Å². The van der Waals surface area contributed by atoms with Gasteiger partial charge in [0.15, 0.2) is 5.65 Å². The van der Waals surface area contributed by atoms with Crippen molar-refractivity contribution >= 4 is 61.9 Å². The minimum Gasteiger partial charge on any atom is -0.477 e. The van der Waals surface area contributed by atoms with E-state index in [0.717, 1.165) is 31.7 Å². The number of aromatic carboxylic acids is 1. The van der Waals surface area contributed by atoms with Gasteiger partial charge in [0.1, 0.15) is 17.0 Å². The molecule has 6 heterocycles. The van der Waals surface area contributed by atoms with Crippen molar-refractivity contribution in [2.75, 3.05) is 56.4 Å². The van der Waals surface area contributed by atoms with Crippen molar-refractivity contribution in [3.63, 3.8) is 0 Å². The molecule has 0 spiro atoms. The lowest BCUT2D eigenvalue weighted by Gasteiger charge is -2.29. The number of carbonyl (C=O) groups is 1. The number of likely N-dealkylation sites (N-methyl/N-ethyl adjacent to an activating group) is 1. The SMILES string of the molecule is CNc1cc(F)c(Cl)c2c1[nH]c1ncc(-c3cnc4c(c3)c(=O)c(C(=O)O)cn4NC)c(N3CC[C@@H]4CN(C)C[C@@H]43)c12. The number of halogens is 2. The Kier molecular flexibility index (Phi) is 6.03. The molecular formula is C29H28ClFN8O3. The average Bonchev–Trinajstić information content (AvgIpc) is 3.66. The summed E-state index contributed by atoms with van der Waals surface area (Å²) in [6.07, 6.45) is 5.59. The number of likely N-dealkylation sites (tertiary alicyclic amines) is 1. The normalized spacial score (nSPS) is 18.8. The molecule has 13 heteroatoms. The molecule has 7 rings (SSSR count). The van der Waals surface area contributed by atoms with E-state index in [4.69, 9.17) is 16.6 Å². The summed E-state index contributed by atoms with van der Waals surface area (Å²) in [6, 6.07) is 3.23. The molecule has 0 saturated carbocycles. The van der Waals surface area contributed by atoms with E-state index in [1.54, 1.807) is 32.6 Å². The predicted octanol–water partition coefficient (Wildman–Crippen LogP) is 3.94. The molecule has 2 saturated heterocycles. The van der Waals surface area contributed by atoms with E-state index < -0.39 is 17.2 Å². The summed E-state index contributed by atoms with van der Waals surface area (Å²) < 4.78 is 16.6. The van der Waals surface area contributed by atoms with Gasteiger partial charge in [-0.15, -0.1) is 0 Å². The second kappa shape index (κ2) is 9.57. The Morgan fingerprint density at radius 3 is 2.74 bits per heavy atom. The van der Waals surface area contributed by atoms with E-state index in [1.807, 2.05) is 0 Å². The van der Waals surface area contributed by atoms with Gasteiger partial charge in [0.05, 0.1) is 32.7 Å². The maximum Gasteiger partial charge on any atom is 0.341 e. The zero-order valence-electron chi connectivity index (χ0n) is 23.1. The Balaban J connectivity index is 1.57. The highest BCUT2D eigenvalue weighted by atomic mass is 35.5. The van der Waals surface area contributed by atoms with Crippen molar-refractivity contribution in [3.05, 3.63) is 57.3 Å². The van der Waals surface area contributed by atoms with Crippen LogP contribution in [0.15, 0.2) is 35.5 Å². The van der Waals surface area contributed by atoms with E-state index in [0.29, 0.717) is 50.3 Å². The van der Waals surface area contributed by atoms with Crippen molar-refractivity contribution in [1.29, 1.82) is 0 Å². The number of aromatic amines is 1. The van der Waals surface area contributed by atoms with Crippen LogP contribution in [0.3, 0.4) is 0 Å². The number of fused-ring (bicyclic) bond motifs is 5. The van der Waals surface area contributed by atoms with Crippen LogP contribution in [-0.4, -0.2) is 82.4 Å². The number of carboxylic acids is 1. The van der Waals surface area contributed by atoms with E-state index in [1.165, 1.54) is 16.9 Å².